The molecule has 0 unspecified atom stereocenters. The van der Waals surface area contributed by atoms with Crippen LogP contribution in [-0.2, 0) is 0 Å². The lowest BCUT2D eigenvalue weighted by Gasteiger charge is -2.08. The summed E-state index contributed by atoms with van der Waals surface area (Å²) in [5.74, 6) is -0.203. The van der Waals surface area contributed by atoms with Crippen LogP contribution in [-0.4, -0.2) is 10.9 Å². The van der Waals surface area contributed by atoms with E-state index in [0.29, 0.717) is 10.7 Å². The predicted octanol–water partition coefficient (Wildman–Crippen LogP) is 4.14. The van der Waals surface area contributed by atoms with Crippen LogP contribution in [0.1, 0.15) is 10.4 Å². The molecule has 0 spiro atoms. The Morgan fingerprint density at radius 2 is 1.85 bits per heavy atom. The summed E-state index contributed by atoms with van der Waals surface area (Å²) >= 11 is 5.80. The minimum atomic E-state index is -0.203. The third kappa shape index (κ3) is 2.49. The highest BCUT2D eigenvalue weighted by Crippen LogP contribution is 2.23. The maximum absolute atomic E-state index is 12.2. The quantitative estimate of drug-likeness (QED) is 0.718. The summed E-state index contributed by atoms with van der Waals surface area (Å²) in [6.07, 6.45) is 1.51. The number of anilines is 1. The van der Waals surface area contributed by atoms with Crippen LogP contribution in [0.4, 0.5) is 5.69 Å². The van der Waals surface area contributed by atoms with Gasteiger partial charge < -0.3 is 5.32 Å². The smallest absolute Gasteiger partial charge is 0.255 e. The lowest BCUT2D eigenvalue weighted by molar-refractivity contribution is 0.102. The van der Waals surface area contributed by atoms with Gasteiger partial charge >= 0.3 is 0 Å². The van der Waals surface area contributed by atoms with E-state index in [9.17, 15) is 4.79 Å². The normalized spacial score (nSPS) is 10.4. The molecule has 1 aromatic heterocycles. The largest absolute Gasteiger partial charge is 0.321 e. The Labute approximate surface area is 121 Å². The van der Waals surface area contributed by atoms with Crippen molar-refractivity contribution >= 4 is 34.0 Å². The van der Waals surface area contributed by atoms with Crippen LogP contribution >= 0.6 is 11.6 Å². The number of halogens is 1. The van der Waals surface area contributed by atoms with Crippen LogP contribution in [0.2, 0.25) is 5.15 Å². The molecule has 20 heavy (non-hydrogen) atoms. The second-order valence-electron chi connectivity index (χ2n) is 4.35. The number of hydrogen-bond donors (Lipinski definition) is 1. The number of carbonyl (C=O) groups excluding carboxylic acids is 1. The van der Waals surface area contributed by atoms with E-state index < -0.39 is 0 Å². The molecule has 0 aliphatic heterocycles. The van der Waals surface area contributed by atoms with Gasteiger partial charge in [0.2, 0.25) is 0 Å². The fourth-order valence-corrected chi connectivity index (χ4v) is 2.25. The van der Waals surface area contributed by atoms with E-state index in [-0.39, 0.29) is 5.91 Å². The van der Waals surface area contributed by atoms with Gasteiger partial charge in [0.05, 0.1) is 0 Å². The van der Waals surface area contributed by atoms with Gasteiger partial charge in [-0.2, -0.15) is 0 Å². The fraction of sp³-hybridized carbons (Fsp3) is 0. The van der Waals surface area contributed by atoms with Gasteiger partial charge in [-0.05, 0) is 23.6 Å². The Morgan fingerprint density at radius 3 is 2.70 bits per heavy atom. The lowest BCUT2D eigenvalue weighted by atomic mass is 10.1. The molecule has 0 aliphatic rings. The molecule has 0 fully saturated rings. The van der Waals surface area contributed by atoms with Crippen LogP contribution in [0.3, 0.4) is 0 Å². The van der Waals surface area contributed by atoms with E-state index in [0.717, 1.165) is 16.5 Å². The van der Waals surface area contributed by atoms with Crippen molar-refractivity contribution in [2.24, 2.45) is 0 Å². The summed E-state index contributed by atoms with van der Waals surface area (Å²) < 4.78 is 0. The molecular weight excluding hydrogens is 272 g/mol. The van der Waals surface area contributed by atoms with Gasteiger partial charge in [-0.15, -0.1) is 0 Å². The molecule has 0 bridgehead atoms. The third-order valence-corrected chi connectivity index (χ3v) is 3.23. The number of hydrogen-bond acceptors (Lipinski definition) is 2. The second kappa shape index (κ2) is 5.31. The first-order valence-electron chi connectivity index (χ1n) is 6.15. The number of rotatable bonds is 2. The standard InChI is InChI=1S/C16H11ClN2O/c17-15-10-12(8-9-18-15)16(20)19-14-7-3-5-11-4-1-2-6-13(11)14/h1-10H,(H,19,20). The molecule has 1 N–H and O–H groups in total. The summed E-state index contributed by atoms with van der Waals surface area (Å²) in [6, 6.07) is 16.9. The molecule has 0 saturated carbocycles. The van der Waals surface area contributed by atoms with Crippen LogP contribution in [0.25, 0.3) is 10.8 Å². The number of carbonyl (C=O) groups is 1. The van der Waals surface area contributed by atoms with Gasteiger partial charge in [-0.3, -0.25) is 4.79 Å². The Balaban J connectivity index is 1.95. The first kappa shape index (κ1) is 12.6. The Hall–Kier alpha value is -2.39. The topological polar surface area (TPSA) is 42.0 Å². The highest BCUT2D eigenvalue weighted by Gasteiger charge is 2.08. The average Bonchev–Trinajstić information content (AvgIpc) is 2.47. The molecule has 3 aromatic rings. The molecule has 1 amide bonds. The van der Waals surface area contributed by atoms with E-state index in [1.54, 1.807) is 12.1 Å². The van der Waals surface area contributed by atoms with E-state index in [2.05, 4.69) is 10.3 Å². The zero-order valence-corrected chi connectivity index (χ0v) is 11.3. The molecule has 2 aromatic carbocycles. The predicted molar refractivity (Wildman–Crippen MR) is 81.1 cm³/mol. The summed E-state index contributed by atoms with van der Waals surface area (Å²) in [4.78, 5) is 16.1. The number of fused-ring (bicyclic) bond motifs is 1. The zero-order valence-electron chi connectivity index (χ0n) is 10.5. The zero-order chi connectivity index (χ0) is 13.9. The highest BCUT2D eigenvalue weighted by molar-refractivity contribution is 6.29. The number of benzene rings is 2. The monoisotopic (exact) mass is 282 g/mol. The Kier molecular flexibility index (Phi) is 3.35. The first-order valence-corrected chi connectivity index (χ1v) is 6.52. The molecule has 98 valence electrons. The number of amides is 1. The van der Waals surface area contributed by atoms with Gasteiger partial charge in [-0.1, -0.05) is 48.0 Å². The van der Waals surface area contributed by atoms with E-state index in [1.165, 1.54) is 6.20 Å². The van der Waals surface area contributed by atoms with Crippen molar-refractivity contribution in [3.8, 4) is 0 Å². The number of pyridine rings is 1. The van der Waals surface area contributed by atoms with E-state index in [4.69, 9.17) is 11.6 Å². The summed E-state index contributed by atoms with van der Waals surface area (Å²) in [6.45, 7) is 0. The third-order valence-electron chi connectivity index (χ3n) is 3.03. The fourth-order valence-electron chi connectivity index (χ4n) is 2.07. The van der Waals surface area contributed by atoms with Crippen molar-refractivity contribution in [2.45, 2.75) is 0 Å². The second-order valence-corrected chi connectivity index (χ2v) is 4.74. The van der Waals surface area contributed by atoms with Crippen molar-refractivity contribution in [3.05, 3.63) is 71.5 Å². The molecule has 0 atom stereocenters. The van der Waals surface area contributed by atoms with E-state index in [1.807, 2.05) is 42.5 Å². The summed E-state index contributed by atoms with van der Waals surface area (Å²) in [5, 5.41) is 5.29. The Morgan fingerprint density at radius 1 is 1.05 bits per heavy atom. The molecule has 0 saturated heterocycles. The van der Waals surface area contributed by atoms with Crippen molar-refractivity contribution in [1.82, 2.24) is 4.98 Å². The molecule has 1 heterocycles. The lowest BCUT2D eigenvalue weighted by Crippen LogP contribution is -2.12. The van der Waals surface area contributed by atoms with Crippen molar-refractivity contribution in [1.29, 1.82) is 0 Å². The summed E-state index contributed by atoms with van der Waals surface area (Å²) in [7, 11) is 0. The van der Waals surface area contributed by atoms with Crippen molar-refractivity contribution in [2.75, 3.05) is 5.32 Å². The highest BCUT2D eigenvalue weighted by atomic mass is 35.5. The number of nitrogens with zero attached hydrogens (tertiary/aromatic N) is 1. The number of nitrogens with one attached hydrogen (secondary N) is 1. The van der Waals surface area contributed by atoms with Gasteiger partial charge in [0, 0.05) is 22.8 Å². The van der Waals surface area contributed by atoms with Gasteiger partial charge in [0.15, 0.2) is 0 Å². The van der Waals surface area contributed by atoms with Crippen molar-refractivity contribution < 1.29 is 4.79 Å². The maximum Gasteiger partial charge on any atom is 0.255 e. The summed E-state index contributed by atoms with van der Waals surface area (Å²) in [5.41, 5.74) is 1.26. The SMILES string of the molecule is O=C(Nc1cccc2ccccc12)c1ccnc(Cl)c1. The average molecular weight is 283 g/mol. The van der Waals surface area contributed by atoms with Crippen molar-refractivity contribution in [3.63, 3.8) is 0 Å². The molecule has 3 rings (SSSR count). The molecule has 3 nitrogen and oxygen atoms in total. The maximum atomic E-state index is 12.2. The minimum absolute atomic E-state index is 0.203. The Bertz CT molecular complexity index is 781. The molecular formula is C16H11ClN2O. The van der Waals surface area contributed by atoms with Crippen LogP contribution in [0.5, 0.6) is 0 Å². The molecule has 0 radical (unpaired) electrons. The van der Waals surface area contributed by atoms with Crippen LogP contribution in [0.15, 0.2) is 60.8 Å². The van der Waals surface area contributed by atoms with Crippen LogP contribution < -0.4 is 5.32 Å². The molecule has 0 aliphatic carbocycles. The first-order chi connectivity index (χ1) is 9.74. The van der Waals surface area contributed by atoms with Gasteiger partial charge in [0.25, 0.3) is 5.91 Å². The van der Waals surface area contributed by atoms with Gasteiger partial charge in [-0.25, -0.2) is 4.98 Å². The number of aromatic nitrogens is 1. The van der Waals surface area contributed by atoms with E-state index >= 15 is 0 Å². The molecule has 4 heteroatoms. The minimum Gasteiger partial charge on any atom is -0.321 e. The van der Waals surface area contributed by atoms with Gasteiger partial charge in [0.1, 0.15) is 5.15 Å². The van der Waals surface area contributed by atoms with Crippen LogP contribution in [0, 0.1) is 0 Å².